The molecule has 1 amide bonds. The maximum atomic E-state index is 12.8. The van der Waals surface area contributed by atoms with Gasteiger partial charge in [0.2, 0.25) is 15.9 Å². The lowest BCUT2D eigenvalue weighted by Gasteiger charge is -2.27. The summed E-state index contributed by atoms with van der Waals surface area (Å²) in [6.45, 7) is 4.09. The second-order valence-corrected chi connectivity index (χ2v) is 8.67. The van der Waals surface area contributed by atoms with Crippen LogP contribution in [0.15, 0.2) is 54.6 Å². The second kappa shape index (κ2) is 9.01. The van der Waals surface area contributed by atoms with Crippen molar-refractivity contribution in [2.45, 2.75) is 25.9 Å². The zero-order valence-corrected chi connectivity index (χ0v) is 16.9. The Balaban J connectivity index is 2.07. The molecule has 0 radical (unpaired) electrons. The molecule has 0 bridgehead atoms. The number of carbonyl (C=O) groups is 1. The van der Waals surface area contributed by atoms with E-state index in [1.165, 1.54) is 7.05 Å². The molecule has 0 saturated carbocycles. The molecule has 7 heteroatoms. The number of hydrogen-bond donors (Lipinski definition) is 1. The summed E-state index contributed by atoms with van der Waals surface area (Å²) in [6.07, 6.45) is 1.08. The Labute approximate surface area is 161 Å². The number of aryl methyl sites for hydroxylation is 1. The molecule has 0 aliphatic rings. The highest BCUT2D eigenvalue weighted by Crippen LogP contribution is 2.22. The summed E-state index contributed by atoms with van der Waals surface area (Å²) in [4.78, 5) is 12.8. The molecule has 6 nitrogen and oxygen atoms in total. The predicted octanol–water partition coefficient (Wildman–Crippen LogP) is 2.51. The molecular weight excluding hydrogens is 364 g/mol. The molecule has 0 unspecified atom stereocenters. The second-order valence-electron chi connectivity index (χ2n) is 6.63. The first-order valence-electron chi connectivity index (χ1n) is 8.66. The molecule has 0 aliphatic heterocycles. The normalized spacial score (nSPS) is 13.8. The third kappa shape index (κ3) is 6.08. The van der Waals surface area contributed by atoms with Gasteiger partial charge in [0.1, 0.15) is 18.4 Å². The largest absolute Gasteiger partial charge is 0.491 e. The Hall–Kier alpha value is -2.38. The zero-order chi connectivity index (χ0) is 20.0. The van der Waals surface area contributed by atoms with Gasteiger partial charge in [-0.3, -0.25) is 4.79 Å². The number of likely N-dealkylation sites (N-methyl/N-ethyl adjacent to an activating group) is 1. The molecular formula is C20H26N2O4S. The highest BCUT2D eigenvalue weighted by atomic mass is 32.2. The fourth-order valence-electron chi connectivity index (χ4n) is 2.57. The Morgan fingerprint density at radius 1 is 1.11 bits per heavy atom. The number of sulfonamides is 1. The standard InChI is InChI=1S/C20H26N2O4S/c1-15-10-12-18(13-11-15)26-14-16(2)21-20(23)19(22(3)27(4,24)25)17-8-6-5-7-9-17/h5-13,16,19H,14H2,1-4H3,(H,21,23)/t16-,19+/m1/s1. The summed E-state index contributed by atoms with van der Waals surface area (Å²) in [5.41, 5.74) is 1.74. The van der Waals surface area contributed by atoms with Crippen molar-refractivity contribution in [3.63, 3.8) is 0 Å². The van der Waals surface area contributed by atoms with Crippen LogP contribution in [0.1, 0.15) is 24.1 Å². The summed E-state index contributed by atoms with van der Waals surface area (Å²) in [5.74, 6) is 0.323. The molecule has 1 N–H and O–H groups in total. The van der Waals surface area contributed by atoms with Gasteiger partial charge in [0.05, 0.1) is 12.3 Å². The van der Waals surface area contributed by atoms with Crippen molar-refractivity contribution in [2.24, 2.45) is 0 Å². The fraction of sp³-hybridized carbons (Fsp3) is 0.350. The highest BCUT2D eigenvalue weighted by molar-refractivity contribution is 7.88. The van der Waals surface area contributed by atoms with Gasteiger partial charge in [-0.15, -0.1) is 0 Å². The highest BCUT2D eigenvalue weighted by Gasteiger charge is 2.31. The molecule has 2 rings (SSSR count). The Bertz CT molecular complexity index is 851. The van der Waals surface area contributed by atoms with E-state index in [1.54, 1.807) is 24.3 Å². The van der Waals surface area contributed by atoms with Gasteiger partial charge in [0.15, 0.2) is 0 Å². The molecule has 0 spiro atoms. The van der Waals surface area contributed by atoms with Gasteiger partial charge >= 0.3 is 0 Å². The van der Waals surface area contributed by atoms with Crippen LogP contribution in [0.4, 0.5) is 0 Å². The monoisotopic (exact) mass is 390 g/mol. The SMILES string of the molecule is Cc1ccc(OC[C@@H](C)NC(=O)[C@H](c2ccccc2)N(C)S(C)(=O)=O)cc1. The van der Waals surface area contributed by atoms with E-state index in [9.17, 15) is 13.2 Å². The van der Waals surface area contributed by atoms with E-state index >= 15 is 0 Å². The predicted molar refractivity (Wildman–Crippen MR) is 106 cm³/mol. The van der Waals surface area contributed by atoms with Gasteiger partial charge in [-0.05, 0) is 31.5 Å². The van der Waals surface area contributed by atoms with Gasteiger partial charge in [0, 0.05) is 7.05 Å². The first-order valence-corrected chi connectivity index (χ1v) is 10.5. The molecule has 0 heterocycles. The van der Waals surface area contributed by atoms with Crippen LogP contribution in [0.3, 0.4) is 0 Å². The number of carbonyl (C=O) groups excluding carboxylic acids is 1. The maximum Gasteiger partial charge on any atom is 0.243 e. The van der Waals surface area contributed by atoms with Gasteiger partial charge in [-0.2, -0.15) is 4.31 Å². The van der Waals surface area contributed by atoms with E-state index in [0.717, 1.165) is 21.9 Å². The summed E-state index contributed by atoms with van der Waals surface area (Å²) in [5, 5.41) is 2.84. The minimum Gasteiger partial charge on any atom is -0.491 e. The lowest BCUT2D eigenvalue weighted by molar-refractivity contribution is -0.125. The van der Waals surface area contributed by atoms with Crippen molar-refractivity contribution < 1.29 is 17.9 Å². The fourth-order valence-corrected chi connectivity index (χ4v) is 3.17. The van der Waals surface area contributed by atoms with Crippen LogP contribution in [0.5, 0.6) is 5.75 Å². The average Bonchev–Trinajstić information content (AvgIpc) is 2.61. The van der Waals surface area contributed by atoms with Crippen LogP contribution in [0.25, 0.3) is 0 Å². The van der Waals surface area contributed by atoms with Gasteiger partial charge in [-0.1, -0.05) is 48.0 Å². The Morgan fingerprint density at radius 2 is 1.70 bits per heavy atom. The van der Waals surface area contributed by atoms with E-state index in [-0.39, 0.29) is 12.6 Å². The molecule has 2 aromatic carbocycles. The van der Waals surface area contributed by atoms with Crippen LogP contribution < -0.4 is 10.1 Å². The van der Waals surface area contributed by atoms with Crippen LogP contribution in [-0.4, -0.2) is 44.6 Å². The lowest BCUT2D eigenvalue weighted by Crippen LogP contribution is -2.45. The Kier molecular flexibility index (Phi) is 6.98. The average molecular weight is 391 g/mol. The van der Waals surface area contributed by atoms with Crippen LogP contribution >= 0.6 is 0 Å². The minimum atomic E-state index is -3.55. The van der Waals surface area contributed by atoms with Crippen molar-refractivity contribution >= 4 is 15.9 Å². The quantitative estimate of drug-likeness (QED) is 0.751. The van der Waals surface area contributed by atoms with E-state index in [4.69, 9.17) is 4.74 Å². The van der Waals surface area contributed by atoms with E-state index in [0.29, 0.717) is 5.56 Å². The lowest BCUT2D eigenvalue weighted by atomic mass is 10.1. The van der Waals surface area contributed by atoms with Crippen molar-refractivity contribution in [3.05, 3.63) is 65.7 Å². The third-order valence-corrected chi connectivity index (χ3v) is 5.42. The van der Waals surface area contributed by atoms with E-state index in [1.807, 2.05) is 44.2 Å². The molecule has 146 valence electrons. The third-order valence-electron chi connectivity index (χ3n) is 4.16. The van der Waals surface area contributed by atoms with E-state index < -0.39 is 22.0 Å². The first-order chi connectivity index (χ1) is 12.7. The number of amides is 1. The van der Waals surface area contributed by atoms with Crippen LogP contribution in [-0.2, 0) is 14.8 Å². The van der Waals surface area contributed by atoms with Crippen molar-refractivity contribution in [2.75, 3.05) is 19.9 Å². The molecule has 0 aliphatic carbocycles. The molecule has 0 saturated heterocycles. The van der Waals surface area contributed by atoms with Crippen molar-refractivity contribution in [1.82, 2.24) is 9.62 Å². The number of rotatable bonds is 8. The first kappa shape index (κ1) is 20.9. The number of nitrogens with zero attached hydrogens (tertiary/aromatic N) is 1. The molecule has 2 atom stereocenters. The van der Waals surface area contributed by atoms with Gasteiger partial charge in [0.25, 0.3) is 0 Å². The number of hydrogen-bond acceptors (Lipinski definition) is 4. The summed E-state index contributed by atoms with van der Waals surface area (Å²) >= 11 is 0. The Morgan fingerprint density at radius 3 is 2.26 bits per heavy atom. The maximum absolute atomic E-state index is 12.8. The van der Waals surface area contributed by atoms with Gasteiger partial charge in [-0.25, -0.2) is 8.42 Å². The molecule has 2 aromatic rings. The number of benzene rings is 2. The number of nitrogens with one attached hydrogen (secondary N) is 1. The van der Waals surface area contributed by atoms with Gasteiger partial charge < -0.3 is 10.1 Å². The number of ether oxygens (including phenoxy) is 1. The molecule has 0 aromatic heterocycles. The molecule has 0 fully saturated rings. The van der Waals surface area contributed by atoms with Crippen LogP contribution in [0.2, 0.25) is 0 Å². The smallest absolute Gasteiger partial charge is 0.243 e. The van der Waals surface area contributed by atoms with Crippen molar-refractivity contribution in [1.29, 1.82) is 0 Å². The van der Waals surface area contributed by atoms with Crippen LogP contribution in [0, 0.1) is 6.92 Å². The summed E-state index contributed by atoms with van der Waals surface area (Å²) < 4.78 is 30.8. The molecule has 27 heavy (non-hydrogen) atoms. The summed E-state index contributed by atoms with van der Waals surface area (Å²) in [7, 11) is -2.15. The zero-order valence-electron chi connectivity index (χ0n) is 16.0. The minimum absolute atomic E-state index is 0.277. The van der Waals surface area contributed by atoms with Crippen molar-refractivity contribution in [3.8, 4) is 5.75 Å². The topological polar surface area (TPSA) is 75.7 Å². The summed E-state index contributed by atoms with van der Waals surface area (Å²) in [6, 6.07) is 15.2. The van der Waals surface area contributed by atoms with E-state index in [2.05, 4.69) is 5.32 Å².